The summed E-state index contributed by atoms with van der Waals surface area (Å²) in [6, 6.07) is 16.0. The lowest BCUT2D eigenvalue weighted by Gasteiger charge is -2.41. The van der Waals surface area contributed by atoms with Crippen LogP contribution in [0, 0.1) is 0 Å². The van der Waals surface area contributed by atoms with Crippen LogP contribution in [-0.2, 0) is 0 Å². The van der Waals surface area contributed by atoms with Crippen LogP contribution in [0.25, 0.3) is 0 Å². The topological polar surface area (TPSA) is 33.7 Å². The molecule has 1 N–H and O–H groups in total. The van der Waals surface area contributed by atoms with E-state index in [0.717, 1.165) is 37.7 Å². The van der Waals surface area contributed by atoms with E-state index in [1.165, 1.54) is 5.69 Å². The standard InChI is InChI=1S/C18H19ClN2O2/c19-13-6-7-17(18(8-13)22-15-9-20-10-15)23-16-11-21(12-16)14-4-2-1-3-5-14/h1-8,15-16,20H,9-12H2. The number of halogens is 1. The van der Waals surface area contributed by atoms with Gasteiger partial charge in [0.1, 0.15) is 12.2 Å². The van der Waals surface area contributed by atoms with Gasteiger partial charge in [-0.05, 0) is 24.3 Å². The lowest BCUT2D eigenvalue weighted by molar-refractivity contribution is 0.120. The Morgan fingerprint density at radius 2 is 1.65 bits per heavy atom. The highest BCUT2D eigenvalue weighted by Gasteiger charge is 2.30. The maximum atomic E-state index is 6.11. The third-order valence-electron chi connectivity index (χ3n) is 4.21. The van der Waals surface area contributed by atoms with Gasteiger partial charge >= 0.3 is 0 Å². The monoisotopic (exact) mass is 330 g/mol. The van der Waals surface area contributed by atoms with E-state index < -0.39 is 0 Å². The van der Waals surface area contributed by atoms with E-state index in [4.69, 9.17) is 21.1 Å². The van der Waals surface area contributed by atoms with Gasteiger partial charge in [-0.25, -0.2) is 0 Å². The number of nitrogens with one attached hydrogen (secondary N) is 1. The maximum Gasteiger partial charge on any atom is 0.163 e. The van der Waals surface area contributed by atoms with Crippen molar-refractivity contribution in [2.45, 2.75) is 12.2 Å². The molecule has 5 heteroatoms. The molecule has 0 aromatic heterocycles. The molecule has 4 nitrogen and oxygen atoms in total. The second-order valence-corrected chi connectivity index (χ2v) is 6.41. The van der Waals surface area contributed by atoms with Crippen molar-refractivity contribution in [3.63, 3.8) is 0 Å². The summed E-state index contributed by atoms with van der Waals surface area (Å²) in [4.78, 5) is 2.30. The molecule has 0 amide bonds. The first-order chi connectivity index (χ1) is 11.3. The molecule has 0 saturated carbocycles. The van der Waals surface area contributed by atoms with Crippen molar-refractivity contribution in [1.82, 2.24) is 5.32 Å². The van der Waals surface area contributed by atoms with Gasteiger partial charge in [-0.1, -0.05) is 29.8 Å². The second-order valence-electron chi connectivity index (χ2n) is 5.97. The summed E-state index contributed by atoms with van der Waals surface area (Å²) in [7, 11) is 0. The van der Waals surface area contributed by atoms with Gasteiger partial charge in [0.2, 0.25) is 0 Å². The molecule has 4 rings (SSSR count). The minimum absolute atomic E-state index is 0.179. The fraction of sp³-hybridized carbons (Fsp3) is 0.333. The Bertz CT molecular complexity index is 670. The predicted octanol–water partition coefficient (Wildman–Crippen LogP) is 2.96. The second kappa shape index (κ2) is 6.30. The molecule has 0 radical (unpaired) electrons. The Balaban J connectivity index is 1.39. The van der Waals surface area contributed by atoms with E-state index in [1.807, 2.05) is 24.3 Å². The first kappa shape index (κ1) is 14.7. The van der Waals surface area contributed by atoms with E-state index in [2.05, 4.69) is 34.5 Å². The number of rotatable bonds is 5. The van der Waals surface area contributed by atoms with E-state index in [0.29, 0.717) is 5.02 Å². The summed E-state index contributed by atoms with van der Waals surface area (Å²) in [6.45, 7) is 3.52. The number of para-hydroxylation sites is 1. The van der Waals surface area contributed by atoms with Crippen molar-refractivity contribution in [3.8, 4) is 11.5 Å². The highest BCUT2D eigenvalue weighted by molar-refractivity contribution is 6.30. The molecule has 0 atom stereocenters. The van der Waals surface area contributed by atoms with E-state index in [1.54, 1.807) is 0 Å². The zero-order chi connectivity index (χ0) is 15.6. The summed E-state index contributed by atoms with van der Waals surface area (Å²) < 4.78 is 12.1. The summed E-state index contributed by atoms with van der Waals surface area (Å²) in [5.74, 6) is 1.51. The van der Waals surface area contributed by atoms with Gasteiger partial charge < -0.3 is 19.7 Å². The molecule has 2 fully saturated rings. The summed E-state index contributed by atoms with van der Waals surface area (Å²) in [5, 5.41) is 3.86. The smallest absolute Gasteiger partial charge is 0.163 e. The fourth-order valence-corrected chi connectivity index (χ4v) is 2.90. The minimum atomic E-state index is 0.179. The molecule has 2 aliphatic heterocycles. The van der Waals surface area contributed by atoms with Crippen LogP contribution in [-0.4, -0.2) is 38.4 Å². The van der Waals surface area contributed by atoms with Gasteiger partial charge in [0.15, 0.2) is 11.5 Å². The molecule has 0 spiro atoms. The van der Waals surface area contributed by atoms with Gasteiger partial charge in [0.05, 0.1) is 13.1 Å². The van der Waals surface area contributed by atoms with Gasteiger partial charge in [0, 0.05) is 29.9 Å². The van der Waals surface area contributed by atoms with Gasteiger partial charge in [-0.3, -0.25) is 0 Å². The van der Waals surface area contributed by atoms with Crippen molar-refractivity contribution in [2.24, 2.45) is 0 Å². The molecule has 0 unspecified atom stereocenters. The third kappa shape index (κ3) is 3.23. The molecular formula is C18H19ClN2O2. The van der Waals surface area contributed by atoms with Crippen molar-refractivity contribution < 1.29 is 9.47 Å². The molecule has 2 saturated heterocycles. The molecule has 2 aliphatic rings. The number of anilines is 1. The van der Waals surface area contributed by atoms with Crippen LogP contribution < -0.4 is 19.7 Å². The van der Waals surface area contributed by atoms with Crippen LogP contribution >= 0.6 is 11.6 Å². The number of nitrogens with zero attached hydrogens (tertiary/aromatic N) is 1. The largest absolute Gasteiger partial charge is 0.484 e. The Morgan fingerprint density at radius 3 is 2.35 bits per heavy atom. The maximum absolute atomic E-state index is 6.11. The molecule has 2 aromatic rings. The van der Waals surface area contributed by atoms with E-state index in [-0.39, 0.29) is 12.2 Å². The van der Waals surface area contributed by atoms with Crippen LogP contribution in [0.4, 0.5) is 5.69 Å². The van der Waals surface area contributed by atoms with E-state index >= 15 is 0 Å². The van der Waals surface area contributed by atoms with Gasteiger partial charge in [-0.15, -0.1) is 0 Å². The molecule has 23 heavy (non-hydrogen) atoms. The Labute approximate surface area is 141 Å². The molecule has 2 aromatic carbocycles. The van der Waals surface area contributed by atoms with Crippen LogP contribution in [0.5, 0.6) is 11.5 Å². The fourth-order valence-electron chi connectivity index (χ4n) is 2.74. The molecule has 0 aliphatic carbocycles. The zero-order valence-electron chi connectivity index (χ0n) is 12.7. The SMILES string of the molecule is Clc1ccc(OC2CN(c3ccccc3)C2)c(OC2CNC2)c1. The summed E-state index contributed by atoms with van der Waals surface area (Å²) in [6.07, 6.45) is 0.385. The normalized spacial score (nSPS) is 18.2. The number of ether oxygens (including phenoxy) is 2. The lowest BCUT2D eigenvalue weighted by Crippen LogP contribution is -2.54. The summed E-state index contributed by atoms with van der Waals surface area (Å²) >= 11 is 6.09. The average Bonchev–Trinajstić information content (AvgIpc) is 2.49. The van der Waals surface area contributed by atoms with Crippen molar-refractivity contribution in [1.29, 1.82) is 0 Å². The van der Waals surface area contributed by atoms with Crippen LogP contribution in [0.15, 0.2) is 48.5 Å². The van der Waals surface area contributed by atoms with Crippen molar-refractivity contribution >= 4 is 17.3 Å². The Morgan fingerprint density at radius 1 is 0.913 bits per heavy atom. The highest BCUT2D eigenvalue weighted by Crippen LogP contribution is 2.34. The Kier molecular flexibility index (Phi) is 4.02. The zero-order valence-corrected chi connectivity index (χ0v) is 13.5. The van der Waals surface area contributed by atoms with Crippen LogP contribution in [0.1, 0.15) is 0 Å². The molecular weight excluding hydrogens is 312 g/mol. The van der Waals surface area contributed by atoms with Gasteiger partial charge in [0.25, 0.3) is 0 Å². The van der Waals surface area contributed by atoms with Crippen molar-refractivity contribution in [3.05, 3.63) is 53.6 Å². The average molecular weight is 331 g/mol. The minimum Gasteiger partial charge on any atom is -0.484 e. The third-order valence-corrected chi connectivity index (χ3v) is 4.44. The summed E-state index contributed by atoms with van der Waals surface area (Å²) in [5.41, 5.74) is 1.24. The van der Waals surface area contributed by atoms with E-state index in [9.17, 15) is 0 Å². The lowest BCUT2D eigenvalue weighted by atomic mass is 10.1. The molecule has 120 valence electrons. The van der Waals surface area contributed by atoms with Crippen LogP contribution in [0.2, 0.25) is 5.02 Å². The predicted molar refractivity (Wildman–Crippen MR) is 91.8 cm³/mol. The molecule has 0 bridgehead atoms. The molecule has 2 heterocycles. The van der Waals surface area contributed by atoms with Gasteiger partial charge in [-0.2, -0.15) is 0 Å². The first-order valence-corrected chi connectivity index (χ1v) is 8.29. The van der Waals surface area contributed by atoms with Crippen molar-refractivity contribution in [2.75, 3.05) is 31.1 Å². The Hall–Kier alpha value is -1.91. The quantitative estimate of drug-likeness (QED) is 0.914. The number of benzene rings is 2. The first-order valence-electron chi connectivity index (χ1n) is 7.91. The highest BCUT2D eigenvalue weighted by atomic mass is 35.5. The number of hydrogen-bond acceptors (Lipinski definition) is 4. The number of hydrogen-bond donors (Lipinski definition) is 1. The van der Waals surface area contributed by atoms with Crippen LogP contribution in [0.3, 0.4) is 0 Å².